The number of rotatable bonds is 12. The quantitative estimate of drug-likeness (QED) is 0.533. The van der Waals surface area contributed by atoms with Crippen molar-refractivity contribution < 1.29 is 0 Å². The van der Waals surface area contributed by atoms with Crippen molar-refractivity contribution in [2.24, 2.45) is 0 Å². The first-order chi connectivity index (χ1) is 8.84. The van der Waals surface area contributed by atoms with Crippen LogP contribution >= 0.6 is 0 Å². The minimum Gasteiger partial charge on any atom is -0.314 e. The van der Waals surface area contributed by atoms with Crippen molar-refractivity contribution in [3.8, 4) is 0 Å². The molecule has 0 radical (unpaired) electrons. The summed E-state index contributed by atoms with van der Waals surface area (Å²) in [7, 11) is 2.28. The monoisotopic (exact) mass is 254 g/mol. The topological polar surface area (TPSA) is 15.3 Å². The Hall–Kier alpha value is -0.0800. The van der Waals surface area contributed by atoms with E-state index in [9.17, 15) is 0 Å². The van der Waals surface area contributed by atoms with Gasteiger partial charge in [0, 0.05) is 19.1 Å². The molecule has 1 heterocycles. The zero-order chi connectivity index (χ0) is 13.1. The standard InChI is InChI=1S/C16H34N2/c1-3-4-5-6-7-8-9-10-11-12-13-18(2)16-14-17-15-16/h16-17H,3-15H2,1-2H3. The molecule has 1 aliphatic heterocycles. The summed E-state index contributed by atoms with van der Waals surface area (Å²) in [5, 5.41) is 3.34. The van der Waals surface area contributed by atoms with Crippen LogP contribution in [0.3, 0.4) is 0 Å². The van der Waals surface area contributed by atoms with Gasteiger partial charge >= 0.3 is 0 Å². The van der Waals surface area contributed by atoms with E-state index in [4.69, 9.17) is 0 Å². The first-order valence-corrected chi connectivity index (χ1v) is 8.25. The lowest BCUT2D eigenvalue weighted by atomic mass is 10.1. The molecule has 0 aliphatic carbocycles. The molecule has 0 unspecified atom stereocenters. The zero-order valence-corrected chi connectivity index (χ0v) is 12.7. The van der Waals surface area contributed by atoms with Crippen molar-refractivity contribution in [3.63, 3.8) is 0 Å². The molecule has 1 N–H and O–H groups in total. The minimum absolute atomic E-state index is 0.823. The lowest BCUT2D eigenvalue weighted by molar-refractivity contribution is 0.177. The largest absolute Gasteiger partial charge is 0.314 e. The first-order valence-electron chi connectivity index (χ1n) is 8.25. The van der Waals surface area contributed by atoms with Gasteiger partial charge in [0.25, 0.3) is 0 Å². The van der Waals surface area contributed by atoms with E-state index in [0.717, 1.165) is 6.04 Å². The smallest absolute Gasteiger partial charge is 0.0342 e. The molecule has 0 atom stereocenters. The Bertz CT molecular complexity index is 178. The van der Waals surface area contributed by atoms with Crippen molar-refractivity contribution >= 4 is 0 Å². The molecular formula is C16H34N2. The van der Waals surface area contributed by atoms with Gasteiger partial charge in [-0.1, -0.05) is 64.7 Å². The molecule has 1 aliphatic rings. The van der Waals surface area contributed by atoms with E-state index in [2.05, 4.69) is 24.2 Å². The molecule has 0 aromatic rings. The van der Waals surface area contributed by atoms with Crippen molar-refractivity contribution in [1.29, 1.82) is 0 Å². The maximum atomic E-state index is 3.34. The van der Waals surface area contributed by atoms with Crippen molar-refractivity contribution in [2.75, 3.05) is 26.7 Å². The molecule has 1 saturated heterocycles. The summed E-state index contributed by atoms with van der Waals surface area (Å²) >= 11 is 0. The van der Waals surface area contributed by atoms with Crippen LogP contribution in [0.1, 0.15) is 71.1 Å². The van der Waals surface area contributed by atoms with E-state index < -0.39 is 0 Å². The summed E-state index contributed by atoms with van der Waals surface area (Å²) in [6.07, 6.45) is 14.4. The lowest BCUT2D eigenvalue weighted by Crippen LogP contribution is -2.55. The highest BCUT2D eigenvalue weighted by atomic mass is 15.2. The van der Waals surface area contributed by atoms with Crippen LogP contribution in [0.2, 0.25) is 0 Å². The first kappa shape index (κ1) is 16.0. The molecule has 1 fully saturated rings. The number of hydrogen-bond donors (Lipinski definition) is 1. The zero-order valence-electron chi connectivity index (χ0n) is 12.7. The van der Waals surface area contributed by atoms with E-state index in [1.807, 2.05) is 0 Å². The van der Waals surface area contributed by atoms with Crippen LogP contribution in [0, 0.1) is 0 Å². The average molecular weight is 254 g/mol. The fraction of sp³-hybridized carbons (Fsp3) is 1.00. The van der Waals surface area contributed by atoms with Crippen LogP contribution in [0.4, 0.5) is 0 Å². The summed E-state index contributed by atoms with van der Waals surface area (Å²) in [6.45, 7) is 5.99. The van der Waals surface area contributed by atoms with Gasteiger partial charge in [-0.25, -0.2) is 0 Å². The van der Waals surface area contributed by atoms with Crippen LogP contribution in [-0.2, 0) is 0 Å². The van der Waals surface area contributed by atoms with Gasteiger partial charge in [0.05, 0.1) is 0 Å². The predicted octanol–water partition coefficient (Wildman–Crippen LogP) is 3.81. The van der Waals surface area contributed by atoms with E-state index in [1.165, 1.54) is 83.8 Å². The third-order valence-corrected chi connectivity index (χ3v) is 4.25. The van der Waals surface area contributed by atoms with Gasteiger partial charge in [-0.2, -0.15) is 0 Å². The second-order valence-corrected chi connectivity index (χ2v) is 5.97. The lowest BCUT2D eigenvalue weighted by Gasteiger charge is -2.35. The van der Waals surface area contributed by atoms with Gasteiger partial charge in [0.15, 0.2) is 0 Å². The van der Waals surface area contributed by atoms with Crippen molar-refractivity contribution in [3.05, 3.63) is 0 Å². The van der Waals surface area contributed by atoms with Crippen molar-refractivity contribution in [1.82, 2.24) is 10.2 Å². The number of nitrogens with zero attached hydrogens (tertiary/aromatic N) is 1. The van der Waals surface area contributed by atoms with Crippen molar-refractivity contribution in [2.45, 2.75) is 77.2 Å². The molecule has 2 nitrogen and oxygen atoms in total. The Kier molecular flexibility index (Phi) is 9.59. The molecule has 0 aromatic heterocycles. The molecule has 0 saturated carbocycles. The van der Waals surface area contributed by atoms with Crippen LogP contribution in [0.5, 0.6) is 0 Å². The van der Waals surface area contributed by atoms with E-state index in [-0.39, 0.29) is 0 Å². The summed E-state index contributed by atoms with van der Waals surface area (Å²) in [6, 6.07) is 0.823. The Morgan fingerprint density at radius 2 is 1.33 bits per heavy atom. The van der Waals surface area contributed by atoms with Crippen LogP contribution in [0.15, 0.2) is 0 Å². The van der Waals surface area contributed by atoms with Crippen LogP contribution in [0.25, 0.3) is 0 Å². The normalized spacial score (nSPS) is 16.2. The second kappa shape index (κ2) is 10.8. The van der Waals surface area contributed by atoms with Crippen LogP contribution < -0.4 is 5.32 Å². The minimum atomic E-state index is 0.823. The van der Waals surface area contributed by atoms with Gasteiger partial charge in [-0.15, -0.1) is 0 Å². The maximum absolute atomic E-state index is 3.34. The van der Waals surface area contributed by atoms with E-state index in [0.29, 0.717) is 0 Å². The maximum Gasteiger partial charge on any atom is 0.0342 e. The Balaban J connectivity index is 1.73. The molecule has 0 bridgehead atoms. The molecule has 0 amide bonds. The van der Waals surface area contributed by atoms with E-state index >= 15 is 0 Å². The fourth-order valence-electron chi connectivity index (χ4n) is 2.62. The molecule has 18 heavy (non-hydrogen) atoms. The summed E-state index contributed by atoms with van der Waals surface area (Å²) in [4.78, 5) is 2.53. The van der Waals surface area contributed by atoms with Gasteiger partial charge in [0.1, 0.15) is 0 Å². The number of nitrogens with one attached hydrogen (secondary N) is 1. The van der Waals surface area contributed by atoms with E-state index in [1.54, 1.807) is 0 Å². The highest BCUT2D eigenvalue weighted by Crippen LogP contribution is 2.11. The molecular weight excluding hydrogens is 220 g/mol. The predicted molar refractivity (Wildman–Crippen MR) is 81.1 cm³/mol. The molecule has 108 valence electrons. The second-order valence-electron chi connectivity index (χ2n) is 5.97. The number of hydrogen-bond acceptors (Lipinski definition) is 2. The van der Waals surface area contributed by atoms with Gasteiger partial charge in [-0.05, 0) is 20.0 Å². The summed E-state index contributed by atoms with van der Waals surface area (Å²) < 4.78 is 0. The molecule has 2 heteroatoms. The highest BCUT2D eigenvalue weighted by molar-refractivity contribution is 4.82. The average Bonchev–Trinajstić information content (AvgIpc) is 2.29. The number of unbranched alkanes of at least 4 members (excludes halogenated alkanes) is 9. The highest BCUT2D eigenvalue weighted by Gasteiger charge is 2.20. The summed E-state index contributed by atoms with van der Waals surface area (Å²) in [5.74, 6) is 0. The Morgan fingerprint density at radius 3 is 1.78 bits per heavy atom. The third-order valence-electron chi connectivity index (χ3n) is 4.25. The van der Waals surface area contributed by atoms with Gasteiger partial charge < -0.3 is 10.2 Å². The Labute approximate surface area is 115 Å². The summed E-state index contributed by atoms with van der Waals surface area (Å²) in [5.41, 5.74) is 0. The molecule has 0 aromatic carbocycles. The molecule has 0 spiro atoms. The Morgan fingerprint density at radius 1 is 0.833 bits per heavy atom. The number of likely N-dealkylation sites (N-methyl/N-ethyl adjacent to an activating group) is 1. The fourth-order valence-corrected chi connectivity index (χ4v) is 2.62. The third kappa shape index (κ3) is 7.38. The van der Waals surface area contributed by atoms with Crippen LogP contribution in [-0.4, -0.2) is 37.6 Å². The van der Waals surface area contributed by atoms with Gasteiger partial charge in [-0.3, -0.25) is 0 Å². The SMILES string of the molecule is CCCCCCCCCCCCN(C)C1CNC1. The van der Waals surface area contributed by atoms with Gasteiger partial charge in [0.2, 0.25) is 0 Å². The molecule has 1 rings (SSSR count).